The van der Waals surface area contributed by atoms with Gasteiger partial charge in [-0.2, -0.15) is 0 Å². The summed E-state index contributed by atoms with van der Waals surface area (Å²) in [5.74, 6) is 2.53. The predicted molar refractivity (Wildman–Crippen MR) is 84.9 cm³/mol. The molecule has 0 aliphatic heterocycles. The maximum atomic E-state index is 5.50. The summed E-state index contributed by atoms with van der Waals surface area (Å²) in [5.41, 5.74) is 1.32. The summed E-state index contributed by atoms with van der Waals surface area (Å²) in [6, 6.07) is 9.02. The van der Waals surface area contributed by atoms with Crippen molar-refractivity contribution in [2.75, 3.05) is 6.61 Å². The molecular formula is C18H27NO. The van der Waals surface area contributed by atoms with Crippen LogP contribution in [0.4, 0.5) is 0 Å². The van der Waals surface area contributed by atoms with Gasteiger partial charge in [0.05, 0.1) is 0 Å². The number of hydrogen-bond donors (Lipinski definition) is 1. The van der Waals surface area contributed by atoms with Crippen LogP contribution in [0.2, 0.25) is 0 Å². The van der Waals surface area contributed by atoms with Gasteiger partial charge in [-0.1, -0.05) is 51.5 Å². The second kappa shape index (κ2) is 7.49. The SMILES string of the molecule is C=CCOc1ccc(CN[C@@H]2CCC[C@@H](C)[C@H]2C)cc1. The quantitative estimate of drug-likeness (QED) is 0.786. The lowest BCUT2D eigenvalue weighted by Gasteiger charge is -2.34. The molecule has 2 heteroatoms. The van der Waals surface area contributed by atoms with Gasteiger partial charge in [0.1, 0.15) is 12.4 Å². The van der Waals surface area contributed by atoms with Crippen molar-refractivity contribution in [2.45, 2.75) is 45.7 Å². The van der Waals surface area contributed by atoms with Crippen LogP contribution in [0.1, 0.15) is 38.7 Å². The molecular weight excluding hydrogens is 246 g/mol. The van der Waals surface area contributed by atoms with Gasteiger partial charge in [0, 0.05) is 12.6 Å². The van der Waals surface area contributed by atoms with Crippen molar-refractivity contribution in [1.29, 1.82) is 0 Å². The molecule has 0 spiro atoms. The summed E-state index contributed by atoms with van der Waals surface area (Å²) in [6.45, 7) is 9.93. The van der Waals surface area contributed by atoms with Gasteiger partial charge in [0.15, 0.2) is 0 Å². The largest absolute Gasteiger partial charge is 0.490 e. The standard InChI is InChI=1S/C18H27NO/c1-4-12-20-17-10-8-16(9-11-17)13-19-18-7-5-6-14(2)15(18)3/h4,8-11,14-15,18-19H,1,5-7,12-13H2,2-3H3/t14-,15-,18-/m1/s1. The maximum Gasteiger partial charge on any atom is 0.119 e. The first-order valence-corrected chi connectivity index (χ1v) is 7.76. The van der Waals surface area contributed by atoms with Crippen LogP contribution >= 0.6 is 0 Å². The van der Waals surface area contributed by atoms with Crippen molar-refractivity contribution >= 4 is 0 Å². The van der Waals surface area contributed by atoms with E-state index in [1.165, 1.54) is 24.8 Å². The zero-order chi connectivity index (χ0) is 14.4. The Bertz CT molecular complexity index is 412. The molecule has 3 atom stereocenters. The second-order valence-electron chi connectivity index (χ2n) is 6.00. The molecule has 20 heavy (non-hydrogen) atoms. The first-order chi connectivity index (χ1) is 9.70. The molecule has 0 radical (unpaired) electrons. The zero-order valence-electron chi connectivity index (χ0n) is 12.8. The van der Waals surface area contributed by atoms with Gasteiger partial charge >= 0.3 is 0 Å². The fourth-order valence-corrected chi connectivity index (χ4v) is 2.98. The first-order valence-electron chi connectivity index (χ1n) is 7.76. The fourth-order valence-electron chi connectivity index (χ4n) is 2.98. The Morgan fingerprint density at radius 2 is 2.00 bits per heavy atom. The zero-order valence-corrected chi connectivity index (χ0v) is 12.8. The highest BCUT2D eigenvalue weighted by molar-refractivity contribution is 5.27. The molecule has 2 nitrogen and oxygen atoms in total. The molecule has 0 heterocycles. The molecule has 1 aromatic rings. The molecule has 1 aliphatic rings. The normalized spacial score (nSPS) is 26.2. The maximum absolute atomic E-state index is 5.50. The van der Waals surface area contributed by atoms with Gasteiger partial charge in [0.25, 0.3) is 0 Å². The molecule has 110 valence electrons. The lowest BCUT2D eigenvalue weighted by molar-refractivity contribution is 0.206. The summed E-state index contributed by atoms with van der Waals surface area (Å²) in [7, 11) is 0. The highest BCUT2D eigenvalue weighted by Crippen LogP contribution is 2.29. The van der Waals surface area contributed by atoms with Crippen LogP contribution in [0, 0.1) is 11.8 Å². The Labute approximate surface area is 123 Å². The van der Waals surface area contributed by atoms with Gasteiger partial charge in [-0.25, -0.2) is 0 Å². The van der Waals surface area contributed by atoms with Crippen LogP contribution in [0.25, 0.3) is 0 Å². The number of hydrogen-bond acceptors (Lipinski definition) is 2. The molecule has 1 aliphatic carbocycles. The Hall–Kier alpha value is -1.28. The first kappa shape index (κ1) is 15.1. The molecule has 1 N–H and O–H groups in total. The summed E-state index contributed by atoms with van der Waals surface area (Å²) in [4.78, 5) is 0. The molecule has 1 fully saturated rings. The lowest BCUT2D eigenvalue weighted by atomic mass is 9.78. The predicted octanol–water partition coefficient (Wildman–Crippen LogP) is 4.17. The van der Waals surface area contributed by atoms with Crippen LogP contribution in [0.5, 0.6) is 5.75 Å². The Morgan fingerprint density at radius 1 is 1.25 bits per heavy atom. The molecule has 0 unspecified atom stereocenters. The van der Waals surface area contributed by atoms with E-state index >= 15 is 0 Å². The van der Waals surface area contributed by atoms with E-state index in [0.717, 1.165) is 24.1 Å². The van der Waals surface area contributed by atoms with Crippen molar-refractivity contribution < 1.29 is 4.74 Å². The smallest absolute Gasteiger partial charge is 0.119 e. The molecule has 0 bridgehead atoms. The minimum atomic E-state index is 0.565. The van der Waals surface area contributed by atoms with Gasteiger partial charge in [-0.05, 0) is 36.0 Å². The highest BCUT2D eigenvalue weighted by Gasteiger charge is 2.26. The second-order valence-corrected chi connectivity index (χ2v) is 6.00. The highest BCUT2D eigenvalue weighted by atomic mass is 16.5. The fraction of sp³-hybridized carbons (Fsp3) is 0.556. The topological polar surface area (TPSA) is 21.3 Å². The third-order valence-electron chi connectivity index (χ3n) is 4.57. The van der Waals surface area contributed by atoms with E-state index in [2.05, 4.69) is 37.9 Å². The van der Waals surface area contributed by atoms with Crippen LogP contribution in [-0.4, -0.2) is 12.6 Å². The van der Waals surface area contributed by atoms with Gasteiger partial charge in [0.2, 0.25) is 0 Å². The number of benzene rings is 1. The van der Waals surface area contributed by atoms with E-state index in [-0.39, 0.29) is 0 Å². The molecule has 1 saturated carbocycles. The van der Waals surface area contributed by atoms with Crippen molar-refractivity contribution in [3.05, 3.63) is 42.5 Å². The lowest BCUT2D eigenvalue weighted by Crippen LogP contribution is -2.40. The van der Waals surface area contributed by atoms with Gasteiger partial charge in [-0.15, -0.1) is 0 Å². The van der Waals surface area contributed by atoms with E-state index in [9.17, 15) is 0 Å². The summed E-state index contributed by atoms with van der Waals surface area (Å²) < 4.78 is 5.50. The average Bonchev–Trinajstić information content (AvgIpc) is 2.48. The van der Waals surface area contributed by atoms with Crippen molar-refractivity contribution in [1.82, 2.24) is 5.32 Å². The van der Waals surface area contributed by atoms with E-state index in [1.807, 2.05) is 12.1 Å². The van der Waals surface area contributed by atoms with Crippen molar-refractivity contribution in [2.24, 2.45) is 11.8 Å². The monoisotopic (exact) mass is 273 g/mol. The summed E-state index contributed by atoms with van der Waals surface area (Å²) in [5, 5.41) is 3.72. The molecule has 1 aromatic carbocycles. The summed E-state index contributed by atoms with van der Waals surface area (Å²) >= 11 is 0. The van der Waals surface area contributed by atoms with E-state index < -0.39 is 0 Å². The average molecular weight is 273 g/mol. The molecule has 0 aromatic heterocycles. The van der Waals surface area contributed by atoms with Gasteiger partial charge in [-0.3, -0.25) is 0 Å². The van der Waals surface area contributed by atoms with Gasteiger partial charge < -0.3 is 10.1 Å². The van der Waals surface area contributed by atoms with Crippen molar-refractivity contribution in [3.8, 4) is 5.75 Å². The third-order valence-corrected chi connectivity index (χ3v) is 4.57. The number of ether oxygens (including phenoxy) is 1. The summed E-state index contributed by atoms with van der Waals surface area (Å²) in [6.07, 6.45) is 5.82. The number of rotatable bonds is 6. The number of nitrogens with one attached hydrogen (secondary N) is 1. The Balaban J connectivity index is 1.82. The van der Waals surface area contributed by atoms with Crippen LogP contribution < -0.4 is 10.1 Å². The third kappa shape index (κ3) is 4.11. The van der Waals surface area contributed by atoms with E-state index in [1.54, 1.807) is 6.08 Å². The minimum Gasteiger partial charge on any atom is -0.490 e. The van der Waals surface area contributed by atoms with E-state index in [4.69, 9.17) is 4.74 Å². The Morgan fingerprint density at radius 3 is 2.70 bits per heavy atom. The molecule has 0 saturated heterocycles. The van der Waals surface area contributed by atoms with E-state index in [0.29, 0.717) is 12.6 Å². The molecule has 2 rings (SSSR count). The van der Waals surface area contributed by atoms with Crippen LogP contribution in [0.15, 0.2) is 36.9 Å². The molecule has 0 amide bonds. The van der Waals surface area contributed by atoms with Crippen LogP contribution in [-0.2, 0) is 6.54 Å². The Kier molecular flexibility index (Phi) is 5.66. The minimum absolute atomic E-state index is 0.565. The van der Waals surface area contributed by atoms with Crippen molar-refractivity contribution in [3.63, 3.8) is 0 Å². The van der Waals surface area contributed by atoms with Crippen LogP contribution in [0.3, 0.4) is 0 Å².